The van der Waals surface area contributed by atoms with E-state index in [0.717, 1.165) is 35.7 Å². The quantitative estimate of drug-likeness (QED) is 0.809. The van der Waals surface area contributed by atoms with Gasteiger partial charge in [0.2, 0.25) is 0 Å². The summed E-state index contributed by atoms with van der Waals surface area (Å²) in [7, 11) is -3.45. The van der Waals surface area contributed by atoms with Crippen molar-refractivity contribution in [3.05, 3.63) is 27.5 Å². The molecule has 2 aromatic heterocycles. The molecule has 0 amide bonds. The average Bonchev–Trinajstić information content (AvgIpc) is 3.03. The van der Waals surface area contributed by atoms with Gasteiger partial charge in [0.15, 0.2) is 5.13 Å². The van der Waals surface area contributed by atoms with Crippen LogP contribution in [0.3, 0.4) is 0 Å². The highest BCUT2D eigenvalue weighted by Gasteiger charge is 2.28. The molecule has 3 heterocycles. The van der Waals surface area contributed by atoms with Crippen LogP contribution >= 0.6 is 46.7 Å². The lowest BCUT2D eigenvalue weighted by Gasteiger charge is -2.20. The summed E-state index contributed by atoms with van der Waals surface area (Å²) in [4.78, 5) is 7.39. The fourth-order valence-corrected chi connectivity index (χ4v) is 6.36. The van der Waals surface area contributed by atoms with E-state index >= 15 is 0 Å². The number of nitrogens with two attached hydrogens (primary N) is 1. The molecular formula is C13H18Cl2N4O2S3. The van der Waals surface area contributed by atoms with Crippen LogP contribution < -0.4 is 5.73 Å². The molecule has 1 saturated heterocycles. The van der Waals surface area contributed by atoms with Gasteiger partial charge in [0, 0.05) is 37.3 Å². The third-order valence-electron chi connectivity index (χ3n) is 3.64. The molecule has 1 fully saturated rings. The van der Waals surface area contributed by atoms with Crippen molar-refractivity contribution in [3.63, 3.8) is 0 Å². The van der Waals surface area contributed by atoms with Gasteiger partial charge in [0.05, 0.1) is 4.34 Å². The van der Waals surface area contributed by atoms with Gasteiger partial charge in [-0.2, -0.15) is 4.31 Å². The number of hydrogen-bond donors (Lipinski definition) is 1. The van der Waals surface area contributed by atoms with E-state index in [-0.39, 0.29) is 12.4 Å². The normalized spacial score (nSPS) is 17.4. The highest BCUT2D eigenvalue weighted by Crippen LogP contribution is 2.28. The molecule has 2 N–H and O–H groups in total. The Labute approximate surface area is 160 Å². The van der Waals surface area contributed by atoms with Crippen LogP contribution in [-0.2, 0) is 16.6 Å². The van der Waals surface area contributed by atoms with E-state index in [4.69, 9.17) is 17.3 Å². The van der Waals surface area contributed by atoms with Gasteiger partial charge in [-0.15, -0.1) is 35.1 Å². The smallest absolute Gasteiger partial charge is 0.252 e. The lowest BCUT2D eigenvalue weighted by atomic mass is 10.4. The molecule has 0 aliphatic carbocycles. The van der Waals surface area contributed by atoms with Crippen LogP contribution in [0.1, 0.15) is 11.3 Å². The first kappa shape index (κ1) is 19.9. The minimum Gasteiger partial charge on any atom is -0.375 e. The zero-order valence-electron chi connectivity index (χ0n) is 12.7. The second-order valence-electron chi connectivity index (χ2n) is 5.26. The molecule has 0 unspecified atom stereocenters. The Morgan fingerprint density at radius 2 is 2.00 bits per heavy atom. The van der Waals surface area contributed by atoms with Gasteiger partial charge in [-0.25, -0.2) is 13.4 Å². The fraction of sp³-hybridized carbons (Fsp3) is 0.462. The van der Waals surface area contributed by atoms with Crippen molar-refractivity contribution in [1.82, 2.24) is 14.2 Å². The molecule has 1 aliphatic rings. The molecule has 134 valence electrons. The predicted octanol–water partition coefficient (Wildman–Crippen LogP) is 2.76. The van der Waals surface area contributed by atoms with Crippen molar-refractivity contribution >= 4 is 61.8 Å². The maximum atomic E-state index is 12.7. The summed E-state index contributed by atoms with van der Waals surface area (Å²) in [6.45, 7) is 3.31. The van der Waals surface area contributed by atoms with Crippen molar-refractivity contribution in [2.24, 2.45) is 0 Å². The average molecular weight is 429 g/mol. The number of anilines is 1. The molecule has 0 spiro atoms. The summed E-state index contributed by atoms with van der Waals surface area (Å²) < 4.78 is 27.7. The first-order valence-electron chi connectivity index (χ1n) is 7.13. The lowest BCUT2D eigenvalue weighted by Crippen LogP contribution is -2.34. The summed E-state index contributed by atoms with van der Waals surface area (Å²) in [5.41, 5.74) is 5.65. The van der Waals surface area contributed by atoms with Crippen LogP contribution in [0.4, 0.5) is 5.13 Å². The lowest BCUT2D eigenvalue weighted by molar-refractivity contribution is 0.281. The summed E-state index contributed by atoms with van der Waals surface area (Å²) in [6, 6.07) is 3.20. The zero-order chi connectivity index (χ0) is 16.4. The van der Waals surface area contributed by atoms with Crippen LogP contribution in [0.25, 0.3) is 0 Å². The van der Waals surface area contributed by atoms with Crippen molar-refractivity contribution in [3.8, 4) is 0 Å². The SMILES string of the molecule is Cl.Nc1ncc(CN2CCCN(S(=O)(=O)c3ccc(Cl)s3)CC2)s1. The summed E-state index contributed by atoms with van der Waals surface area (Å²) in [6.07, 6.45) is 2.58. The number of hydrogen-bond acceptors (Lipinski definition) is 7. The number of nitrogen functional groups attached to an aromatic ring is 1. The van der Waals surface area contributed by atoms with E-state index < -0.39 is 10.0 Å². The number of rotatable bonds is 4. The number of aromatic nitrogens is 1. The molecule has 0 bridgehead atoms. The van der Waals surface area contributed by atoms with Crippen LogP contribution in [-0.4, -0.2) is 48.8 Å². The number of nitrogens with zero attached hydrogens (tertiary/aromatic N) is 3. The van der Waals surface area contributed by atoms with Gasteiger partial charge in [-0.3, -0.25) is 4.90 Å². The minimum absolute atomic E-state index is 0. The fourth-order valence-electron chi connectivity index (χ4n) is 2.53. The number of halogens is 2. The molecule has 0 radical (unpaired) electrons. The second-order valence-corrected chi connectivity index (χ2v) is 10.3. The van der Waals surface area contributed by atoms with Gasteiger partial charge in [-0.05, 0) is 25.1 Å². The number of sulfonamides is 1. The molecule has 1 aliphatic heterocycles. The van der Waals surface area contributed by atoms with Crippen molar-refractivity contribution in [2.75, 3.05) is 31.9 Å². The summed E-state index contributed by atoms with van der Waals surface area (Å²) in [5, 5.41) is 0.564. The van der Waals surface area contributed by atoms with Gasteiger partial charge in [-0.1, -0.05) is 11.6 Å². The van der Waals surface area contributed by atoms with Gasteiger partial charge in [0.1, 0.15) is 4.21 Å². The Bertz CT molecular complexity index is 778. The predicted molar refractivity (Wildman–Crippen MR) is 102 cm³/mol. The van der Waals surface area contributed by atoms with Crippen LogP contribution in [0.2, 0.25) is 4.34 Å². The topological polar surface area (TPSA) is 79.5 Å². The Morgan fingerprint density at radius 1 is 1.21 bits per heavy atom. The molecule has 6 nitrogen and oxygen atoms in total. The van der Waals surface area contributed by atoms with Crippen LogP contribution in [0.15, 0.2) is 22.5 Å². The van der Waals surface area contributed by atoms with E-state index in [0.29, 0.717) is 33.3 Å². The number of thiophene rings is 1. The molecule has 3 rings (SSSR count). The second kappa shape index (κ2) is 8.31. The van der Waals surface area contributed by atoms with E-state index in [2.05, 4.69) is 9.88 Å². The van der Waals surface area contributed by atoms with Crippen LogP contribution in [0.5, 0.6) is 0 Å². The molecule has 24 heavy (non-hydrogen) atoms. The monoisotopic (exact) mass is 428 g/mol. The number of thiazole rings is 1. The summed E-state index contributed by atoms with van der Waals surface area (Å²) in [5.74, 6) is 0. The van der Waals surface area contributed by atoms with Gasteiger partial charge >= 0.3 is 0 Å². The third-order valence-corrected chi connectivity index (χ3v) is 8.05. The first-order chi connectivity index (χ1) is 10.9. The van der Waals surface area contributed by atoms with Gasteiger partial charge in [0.25, 0.3) is 10.0 Å². The third kappa shape index (κ3) is 4.60. The van der Waals surface area contributed by atoms with Crippen molar-refractivity contribution < 1.29 is 8.42 Å². The van der Waals surface area contributed by atoms with E-state index in [1.165, 1.54) is 11.3 Å². The summed E-state index contributed by atoms with van der Waals surface area (Å²) >= 11 is 8.44. The van der Waals surface area contributed by atoms with Crippen LogP contribution in [0, 0.1) is 0 Å². The Balaban J connectivity index is 0.00000208. The molecule has 0 aromatic carbocycles. The van der Waals surface area contributed by atoms with E-state index in [1.54, 1.807) is 22.6 Å². The Hall–Kier alpha value is -0.420. The molecule has 11 heteroatoms. The molecule has 0 saturated carbocycles. The highest BCUT2D eigenvalue weighted by atomic mass is 35.5. The first-order valence-corrected chi connectivity index (χ1v) is 10.6. The maximum absolute atomic E-state index is 12.7. The highest BCUT2D eigenvalue weighted by molar-refractivity contribution is 7.91. The van der Waals surface area contributed by atoms with Gasteiger partial charge < -0.3 is 5.73 Å². The van der Waals surface area contributed by atoms with Crippen molar-refractivity contribution in [2.45, 2.75) is 17.2 Å². The molecule has 0 atom stereocenters. The zero-order valence-corrected chi connectivity index (χ0v) is 16.7. The molecular weight excluding hydrogens is 411 g/mol. The maximum Gasteiger partial charge on any atom is 0.252 e. The van der Waals surface area contributed by atoms with E-state index in [9.17, 15) is 8.42 Å². The largest absolute Gasteiger partial charge is 0.375 e. The Kier molecular flexibility index (Phi) is 6.89. The minimum atomic E-state index is -3.45. The standard InChI is InChI=1S/C13H17ClN4O2S3.ClH/c14-11-2-3-12(22-11)23(19,20)18-5-1-4-17(6-7-18)9-10-8-16-13(15)21-10;/h2-3,8H,1,4-7,9H2,(H2,15,16);1H. The Morgan fingerprint density at radius 3 is 2.62 bits per heavy atom. The molecule has 2 aromatic rings. The van der Waals surface area contributed by atoms with E-state index in [1.807, 2.05) is 0 Å². The van der Waals surface area contributed by atoms with Crippen molar-refractivity contribution in [1.29, 1.82) is 0 Å².